The van der Waals surface area contributed by atoms with E-state index in [-0.39, 0.29) is 18.4 Å². The van der Waals surface area contributed by atoms with Gasteiger partial charge in [-0.2, -0.15) is 0 Å². The maximum absolute atomic E-state index is 11.8. The third-order valence-electron chi connectivity index (χ3n) is 1.93. The van der Waals surface area contributed by atoms with Gasteiger partial charge in [0.15, 0.2) is 0 Å². The van der Waals surface area contributed by atoms with Gasteiger partial charge in [-0.25, -0.2) is 4.98 Å². The number of carbonyl (C=O) groups excluding carboxylic acids is 2. The van der Waals surface area contributed by atoms with Crippen molar-refractivity contribution in [2.24, 2.45) is 0 Å². The highest BCUT2D eigenvalue weighted by molar-refractivity contribution is 7.07. The Morgan fingerprint density at radius 3 is 2.80 bits per heavy atom. The van der Waals surface area contributed by atoms with Gasteiger partial charge in [0.2, 0.25) is 5.91 Å². The summed E-state index contributed by atoms with van der Waals surface area (Å²) >= 11 is 1.36. The summed E-state index contributed by atoms with van der Waals surface area (Å²) in [4.78, 5) is 28.3. The first-order valence-electron chi connectivity index (χ1n) is 4.57. The normalized spacial score (nSPS) is 9.73. The van der Waals surface area contributed by atoms with Gasteiger partial charge in [0.1, 0.15) is 5.69 Å². The smallest absolute Gasteiger partial charge is 0.273 e. The number of aromatic nitrogens is 1. The van der Waals surface area contributed by atoms with E-state index in [2.05, 4.69) is 10.3 Å². The second-order valence-electron chi connectivity index (χ2n) is 2.87. The van der Waals surface area contributed by atoms with E-state index in [9.17, 15) is 9.59 Å². The summed E-state index contributed by atoms with van der Waals surface area (Å²) < 4.78 is 0. The molecule has 1 aromatic heterocycles. The van der Waals surface area contributed by atoms with Crippen molar-refractivity contribution in [3.8, 4) is 0 Å². The molecule has 1 heterocycles. The number of carbonyl (C=O) groups is 2. The highest BCUT2D eigenvalue weighted by atomic mass is 32.1. The SMILES string of the molecule is CCN(CC(=O)NC)C(=O)c1cscn1. The molecule has 1 rings (SSSR count). The van der Waals surface area contributed by atoms with Crippen molar-refractivity contribution in [1.82, 2.24) is 15.2 Å². The molecule has 0 aromatic carbocycles. The van der Waals surface area contributed by atoms with Crippen LogP contribution in [0.2, 0.25) is 0 Å². The molecule has 0 aliphatic rings. The molecule has 2 amide bonds. The van der Waals surface area contributed by atoms with Crippen LogP contribution in [0.1, 0.15) is 17.4 Å². The van der Waals surface area contributed by atoms with Crippen molar-refractivity contribution in [1.29, 1.82) is 0 Å². The van der Waals surface area contributed by atoms with Gasteiger partial charge in [-0.1, -0.05) is 0 Å². The molecule has 5 nitrogen and oxygen atoms in total. The molecule has 0 atom stereocenters. The van der Waals surface area contributed by atoms with E-state index in [1.54, 1.807) is 17.9 Å². The molecule has 0 fully saturated rings. The van der Waals surface area contributed by atoms with Gasteiger partial charge in [0.25, 0.3) is 5.91 Å². The van der Waals surface area contributed by atoms with Crippen molar-refractivity contribution in [3.63, 3.8) is 0 Å². The van der Waals surface area contributed by atoms with Gasteiger partial charge in [0.05, 0.1) is 12.1 Å². The Bertz CT molecular complexity index is 337. The first-order valence-corrected chi connectivity index (χ1v) is 5.51. The fourth-order valence-corrected chi connectivity index (χ4v) is 1.59. The minimum absolute atomic E-state index is 0.0728. The molecule has 0 saturated carbocycles. The maximum atomic E-state index is 11.8. The molecular formula is C9H13N3O2S. The monoisotopic (exact) mass is 227 g/mol. The maximum Gasteiger partial charge on any atom is 0.273 e. The Morgan fingerprint density at radius 2 is 2.33 bits per heavy atom. The zero-order valence-corrected chi connectivity index (χ0v) is 9.50. The van der Waals surface area contributed by atoms with Gasteiger partial charge < -0.3 is 10.2 Å². The van der Waals surface area contributed by atoms with Gasteiger partial charge >= 0.3 is 0 Å². The number of nitrogens with zero attached hydrogens (tertiary/aromatic N) is 2. The van der Waals surface area contributed by atoms with Crippen LogP contribution in [0, 0.1) is 0 Å². The second kappa shape index (κ2) is 5.45. The number of amides is 2. The molecule has 15 heavy (non-hydrogen) atoms. The molecular weight excluding hydrogens is 214 g/mol. The standard InChI is InChI=1S/C9H13N3O2S/c1-3-12(4-8(13)10-2)9(14)7-5-15-6-11-7/h5-6H,3-4H2,1-2H3,(H,10,13). The molecule has 0 aliphatic heterocycles. The highest BCUT2D eigenvalue weighted by Gasteiger charge is 2.17. The van der Waals surface area contributed by atoms with Crippen LogP contribution in [0.15, 0.2) is 10.9 Å². The molecule has 0 bridgehead atoms. The van der Waals surface area contributed by atoms with Gasteiger partial charge in [0, 0.05) is 19.0 Å². The minimum atomic E-state index is -0.206. The summed E-state index contributed by atoms with van der Waals surface area (Å²) in [5.41, 5.74) is 1.99. The summed E-state index contributed by atoms with van der Waals surface area (Å²) in [6.45, 7) is 2.39. The first kappa shape index (κ1) is 11.6. The van der Waals surface area contributed by atoms with Crippen LogP contribution in [-0.2, 0) is 4.79 Å². The largest absolute Gasteiger partial charge is 0.358 e. The summed E-state index contributed by atoms with van der Waals surface area (Å²) in [7, 11) is 1.55. The van der Waals surface area contributed by atoms with Crippen LogP contribution in [-0.4, -0.2) is 41.8 Å². The quantitative estimate of drug-likeness (QED) is 0.807. The molecule has 0 aliphatic carbocycles. The molecule has 0 unspecified atom stereocenters. The molecule has 82 valence electrons. The summed E-state index contributed by atoms with van der Waals surface area (Å²) in [6, 6.07) is 0. The topological polar surface area (TPSA) is 62.3 Å². The zero-order chi connectivity index (χ0) is 11.3. The predicted molar refractivity (Wildman–Crippen MR) is 57.8 cm³/mol. The highest BCUT2D eigenvalue weighted by Crippen LogP contribution is 2.05. The van der Waals surface area contributed by atoms with Crippen molar-refractivity contribution in [3.05, 3.63) is 16.6 Å². The number of thiazole rings is 1. The van der Waals surface area contributed by atoms with E-state index in [0.717, 1.165) is 0 Å². The fraction of sp³-hybridized carbons (Fsp3) is 0.444. The lowest BCUT2D eigenvalue weighted by Crippen LogP contribution is -2.39. The lowest BCUT2D eigenvalue weighted by atomic mass is 10.3. The summed E-state index contributed by atoms with van der Waals surface area (Å²) in [5.74, 6) is -0.386. The fourth-order valence-electron chi connectivity index (χ4n) is 1.06. The van der Waals surface area contributed by atoms with E-state index in [1.807, 2.05) is 6.92 Å². The number of hydrogen-bond donors (Lipinski definition) is 1. The average molecular weight is 227 g/mol. The van der Waals surface area contributed by atoms with Crippen LogP contribution in [0.3, 0.4) is 0 Å². The van der Waals surface area contributed by atoms with E-state index in [4.69, 9.17) is 0 Å². The van der Waals surface area contributed by atoms with Crippen LogP contribution in [0.25, 0.3) is 0 Å². The molecule has 0 saturated heterocycles. The Morgan fingerprint density at radius 1 is 1.60 bits per heavy atom. The lowest BCUT2D eigenvalue weighted by molar-refractivity contribution is -0.121. The van der Waals surface area contributed by atoms with Gasteiger partial charge in [-0.05, 0) is 6.92 Å². The number of likely N-dealkylation sites (N-methyl/N-ethyl adjacent to an activating group) is 2. The number of rotatable bonds is 4. The Hall–Kier alpha value is -1.43. The van der Waals surface area contributed by atoms with Crippen molar-refractivity contribution in [2.75, 3.05) is 20.1 Å². The molecule has 0 spiro atoms. The zero-order valence-electron chi connectivity index (χ0n) is 8.69. The molecule has 1 N–H and O–H groups in total. The van der Waals surface area contributed by atoms with E-state index in [0.29, 0.717) is 12.2 Å². The van der Waals surface area contributed by atoms with E-state index in [1.165, 1.54) is 16.2 Å². The molecule has 0 radical (unpaired) electrons. The minimum Gasteiger partial charge on any atom is -0.358 e. The van der Waals surface area contributed by atoms with E-state index >= 15 is 0 Å². The second-order valence-corrected chi connectivity index (χ2v) is 3.58. The Labute approximate surface area is 92.1 Å². The molecule has 1 aromatic rings. The number of nitrogens with one attached hydrogen (secondary N) is 1. The van der Waals surface area contributed by atoms with Crippen molar-refractivity contribution < 1.29 is 9.59 Å². The predicted octanol–water partition coefficient (Wildman–Crippen LogP) is 0.351. The molecule has 6 heteroatoms. The number of hydrogen-bond acceptors (Lipinski definition) is 4. The average Bonchev–Trinajstić information content (AvgIpc) is 2.77. The van der Waals surface area contributed by atoms with Gasteiger partial charge in [-0.15, -0.1) is 11.3 Å². The van der Waals surface area contributed by atoms with E-state index < -0.39 is 0 Å². The van der Waals surface area contributed by atoms with Crippen molar-refractivity contribution in [2.45, 2.75) is 6.92 Å². The van der Waals surface area contributed by atoms with Crippen LogP contribution in [0.4, 0.5) is 0 Å². The van der Waals surface area contributed by atoms with Gasteiger partial charge in [-0.3, -0.25) is 9.59 Å². The van der Waals surface area contributed by atoms with Crippen LogP contribution in [0.5, 0.6) is 0 Å². The third kappa shape index (κ3) is 3.02. The summed E-state index contributed by atoms with van der Waals surface area (Å²) in [6.07, 6.45) is 0. The Kier molecular flexibility index (Phi) is 4.23. The Balaban J connectivity index is 2.67. The lowest BCUT2D eigenvalue weighted by Gasteiger charge is -2.18. The third-order valence-corrected chi connectivity index (χ3v) is 2.52. The van der Waals surface area contributed by atoms with Crippen LogP contribution >= 0.6 is 11.3 Å². The van der Waals surface area contributed by atoms with Crippen LogP contribution < -0.4 is 5.32 Å². The summed E-state index contributed by atoms with van der Waals surface area (Å²) in [5, 5.41) is 4.15. The van der Waals surface area contributed by atoms with Crippen molar-refractivity contribution >= 4 is 23.2 Å². The first-order chi connectivity index (χ1) is 7.19.